The molecule has 4 rings (SSSR count). The molecule has 1 amide bonds. The molecule has 2 aromatic carbocycles. The second-order valence-electron chi connectivity index (χ2n) is 10.4. The number of hydrogen-bond donors (Lipinski definition) is 1. The van der Waals surface area contributed by atoms with Gasteiger partial charge in [0.15, 0.2) is 0 Å². The van der Waals surface area contributed by atoms with Gasteiger partial charge in [-0.1, -0.05) is 61.9 Å². The number of carbonyl (C=O) groups is 1. The Morgan fingerprint density at radius 1 is 1.08 bits per heavy atom. The molecular formula is C29H35N4O3S+. The lowest BCUT2D eigenvalue weighted by atomic mass is 9.99. The summed E-state index contributed by atoms with van der Waals surface area (Å²) < 4.78 is 1.43. The summed E-state index contributed by atoms with van der Waals surface area (Å²) in [6.07, 6.45) is 0. The van der Waals surface area contributed by atoms with Crippen molar-refractivity contribution in [2.75, 3.05) is 27.2 Å². The lowest BCUT2D eigenvalue weighted by Crippen LogP contribution is -2.48. The number of carbonyl (C=O) groups excluding carboxylic acids is 1. The van der Waals surface area contributed by atoms with Gasteiger partial charge in [0.25, 0.3) is 11.5 Å². The normalized spacial score (nSPS) is 12.7. The van der Waals surface area contributed by atoms with Gasteiger partial charge >= 0.3 is 0 Å². The van der Waals surface area contributed by atoms with E-state index in [9.17, 15) is 14.8 Å². The lowest BCUT2D eigenvalue weighted by Gasteiger charge is -2.36. The van der Waals surface area contributed by atoms with Crippen LogP contribution in [0, 0.1) is 12.8 Å². The van der Waals surface area contributed by atoms with E-state index in [1.165, 1.54) is 11.3 Å². The van der Waals surface area contributed by atoms with Crippen molar-refractivity contribution in [3.8, 4) is 0 Å². The molecule has 1 atom stereocenters. The third-order valence-electron chi connectivity index (χ3n) is 6.48. The fourth-order valence-electron chi connectivity index (χ4n) is 4.49. The number of quaternary nitrogens is 1. The highest BCUT2D eigenvalue weighted by molar-refractivity contribution is 7.16. The summed E-state index contributed by atoms with van der Waals surface area (Å²) in [4.78, 5) is 35.2. The first-order valence-electron chi connectivity index (χ1n) is 12.5. The molecule has 1 N–H and O–H groups in total. The van der Waals surface area contributed by atoms with E-state index in [-0.39, 0.29) is 22.0 Å². The minimum absolute atomic E-state index is 0.0463. The van der Waals surface area contributed by atoms with Gasteiger partial charge in [-0.2, -0.15) is 4.65 Å². The van der Waals surface area contributed by atoms with Crippen molar-refractivity contribution in [2.45, 2.75) is 33.4 Å². The van der Waals surface area contributed by atoms with Gasteiger partial charge in [0.1, 0.15) is 17.2 Å². The Morgan fingerprint density at radius 3 is 2.38 bits per heavy atom. The lowest BCUT2D eigenvalue weighted by molar-refractivity contribution is -1.07. The number of amides is 1. The van der Waals surface area contributed by atoms with Crippen LogP contribution in [0.5, 0.6) is 0 Å². The third-order valence-corrected chi connectivity index (χ3v) is 7.28. The summed E-state index contributed by atoms with van der Waals surface area (Å²) in [6.45, 7) is 7.03. The van der Waals surface area contributed by atoms with Crippen LogP contribution in [0.15, 0.2) is 70.8 Å². The molecule has 2 aromatic heterocycles. The highest BCUT2D eigenvalue weighted by Gasteiger charge is 2.34. The minimum atomic E-state index is -0.483. The Kier molecular flexibility index (Phi) is 7.92. The van der Waals surface area contributed by atoms with Crippen molar-refractivity contribution in [1.82, 2.24) is 14.5 Å². The van der Waals surface area contributed by atoms with E-state index in [2.05, 4.69) is 0 Å². The molecule has 7 nitrogen and oxygen atoms in total. The minimum Gasteiger partial charge on any atom is -0.322 e. The summed E-state index contributed by atoms with van der Waals surface area (Å²) in [5.74, 6) is 0.358. The van der Waals surface area contributed by atoms with Gasteiger partial charge in [-0.15, -0.1) is 11.3 Å². The monoisotopic (exact) mass is 519 g/mol. The number of hydroxylamine groups is 3. The van der Waals surface area contributed by atoms with Crippen molar-refractivity contribution in [1.29, 1.82) is 0 Å². The van der Waals surface area contributed by atoms with E-state index in [0.29, 0.717) is 41.2 Å². The van der Waals surface area contributed by atoms with Gasteiger partial charge in [0.05, 0.1) is 38.6 Å². The van der Waals surface area contributed by atoms with Gasteiger partial charge in [0.2, 0.25) is 0 Å². The van der Waals surface area contributed by atoms with E-state index in [4.69, 9.17) is 4.98 Å². The maximum absolute atomic E-state index is 14.0. The molecule has 0 aliphatic rings. The smallest absolute Gasteiger partial charge is 0.262 e. The highest BCUT2D eigenvalue weighted by Crippen LogP contribution is 2.31. The standard InChI is InChI=1S/C29H35N4O3S/c1-20(2)25(31(16-17-33(4,5)36)28(34)23-13-11-21(3)12-14-23)26-30-27-24(15-18-37-27)29(35)32(26)19-22-9-7-6-8-10-22/h6-15,18,20,25,36H,16-17,19H2,1-5H3/q+1. The number of benzene rings is 2. The zero-order chi connectivity index (χ0) is 26.7. The summed E-state index contributed by atoms with van der Waals surface area (Å²) >= 11 is 1.42. The Bertz CT molecular complexity index is 1420. The van der Waals surface area contributed by atoms with Crippen molar-refractivity contribution in [2.24, 2.45) is 5.92 Å². The first-order valence-corrected chi connectivity index (χ1v) is 13.4. The van der Waals surface area contributed by atoms with Crippen LogP contribution in [0.1, 0.15) is 47.2 Å². The van der Waals surface area contributed by atoms with Gasteiger partial charge in [0, 0.05) is 5.56 Å². The molecule has 8 heteroatoms. The number of aromatic nitrogens is 2. The maximum atomic E-state index is 14.0. The van der Waals surface area contributed by atoms with Gasteiger partial charge in [-0.3, -0.25) is 14.2 Å². The van der Waals surface area contributed by atoms with Crippen LogP contribution in [0.4, 0.5) is 0 Å². The van der Waals surface area contributed by atoms with Crippen LogP contribution in [-0.2, 0) is 6.54 Å². The molecule has 194 valence electrons. The molecule has 0 saturated heterocycles. The predicted molar refractivity (Wildman–Crippen MR) is 148 cm³/mol. The average Bonchev–Trinajstić information content (AvgIpc) is 3.32. The molecule has 0 fully saturated rings. The van der Waals surface area contributed by atoms with E-state index >= 15 is 0 Å². The molecule has 37 heavy (non-hydrogen) atoms. The topological polar surface area (TPSA) is 75.4 Å². The Hall–Kier alpha value is -3.33. The van der Waals surface area contributed by atoms with Crippen molar-refractivity contribution in [3.05, 3.63) is 98.9 Å². The number of nitrogens with zero attached hydrogens (tertiary/aromatic N) is 4. The number of likely N-dealkylation sites (N-methyl/N-ethyl adjacent to an activating group) is 1. The predicted octanol–water partition coefficient (Wildman–Crippen LogP) is 5.12. The number of aryl methyl sites for hydroxylation is 1. The zero-order valence-corrected chi connectivity index (χ0v) is 22.9. The number of rotatable bonds is 9. The third kappa shape index (κ3) is 6.15. The highest BCUT2D eigenvalue weighted by atomic mass is 32.1. The van der Waals surface area contributed by atoms with E-state index in [0.717, 1.165) is 11.1 Å². The molecule has 1 unspecified atom stereocenters. The zero-order valence-electron chi connectivity index (χ0n) is 22.1. The largest absolute Gasteiger partial charge is 0.322 e. The van der Waals surface area contributed by atoms with Crippen LogP contribution in [0.2, 0.25) is 0 Å². The van der Waals surface area contributed by atoms with Gasteiger partial charge in [-0.25, -0.2) is 10.2 Å². The van der Waals surface area contributed by atoms with Crippen LogP contribution in [-0.4, -0.2) is 57.4 Å². The molecule has 4 aromatic rings. The average molecular weight is 520 g/mol. The van der Waals surface area contributed by atoms with Crippen LogP contribution in [0.3, 0.4) is 0 Å². The summed E-state index contributed by atoms with van der Waals surface area (Å²) in [7, 11) is 3.36. The van der Waals surface area contributed by atoms with Crippen LogP contribution >= 0.6 is 11.3 Å². The van der Waals surface area contributed by atoms with E-state index in [1.807, 2.05) is 86.8 Å². The fraction of sp³-hybridized carbons (Fsp3) is 0.345. The van der Waals surface area contributed by atoms with Crippen LogP contribution in [0.25, 0.3) is 10.2 Å². The molecule has 0 aliphatic heterocycles. The molecule has 0 spiro atoms. The summed E-state index contributed by atoms with van der Waals surface area (Å²) in [5, 5.41) is 12.9. The molecule has 0 radical (unpaired) electrons. The molecule has 2 heterocycles. The molecule has 0 aliphatic carbocycles. The first kappa shape index (κ1) is 26.7. The van der Waals surface area contributed by atoms with E-state index in [1.54, 1.807) is 23.6 Å². The molecule has 0 saturated carbocycles. The molecular weight excluding hydrogens is 484 g/mol. The quantitative estimate of drug-likeness (QED) is 0.246. The SMILES string of the molecule is Cc1ccc(C(=O)N(CC[N+](C)(C)O)C(c2nc3sccc3c(=O)n2Cc2ccccc2)C(C)C)cc1. The van der Waals surface area contributed by atoms with E-state index < -0.39 is 6.04 Å². The van der Waals surface area contributed by atoms with Crippen LogP contribution < -0.4 is 5.56 Å². The first-order chi connectivity index (χ1) is 17.5. The van der Waals surface area contributed by atoms with Crippen molar-refractivity contribution < 1.29 is 14.6 Å². The second-order valence-corrected chi connectivity index (χ2v) is 11.3. The van der Waals surface area contributed by atoms with Crippen molar-refractivity contribution in [3.63, 3.8) is 0 Å². The fourth-order valence-corrected chi connectivity index (χ4v) is 5.25. The summed E-state index contributed by atoms with van der Waals surface area (Å²) in [5.41, 5.74) is 2.50. The maximum Gasteiger partial charge on any atom is 0.262 e. The Morgan fingerprint density at radius 2 is 1.76 bits per heavy atom. The van der Waals surface area contributed by atoms with Gasteiger partial charge < -0.3 is 4.90 Å². The van der Waals surface area contributed by atoms with Crippen molar-refractivity contribution >= 4 is 27.5 Å². The molecule has 0 bridgehead atoms. The number of fused-ring (bicyclic) bond motifs is 1. The summed E-state index contributed by atoms with van der Waals surface area (Å²) in [6, 6.07) is 18.6. The Labute approximate surface area is 221 Å². The second kappa shape index (κ2) is 11.0. The number of hydrogen-bond acceptors (Lipinski definition) is 5. The van der Waals surface area contributed by atoms with Gasteiger partial charge in [-0.05, 0) is 42.0 Å². The Balaban J connectivity index is 1.89. The number of thiophene rings is 1.